The second kappa shape index (κ2) is 9.34. The quantitative estimate of drug-likeness (QED) is 0.681. The van der Waals surface area contributed by atoms with E-state index in [0.717, 1.165) is 32.7 Å². The molecule has 4 heteroatoms. The van der Waals surface area contributed by atoms with Gasteiger partial charge in [-0.3, -0.25) is 4.79 Å². The fraction of sp³-hybridized carbons (Fsp3) is 0.929. The Morgan fingerprint density at radius 3 is 1.89 bits per heavy atom. The van der Waals surface area contributed by atoms with Crippen molar-refractivity contribution >= 4 is 5.91 Å². The number of carbonyl (C=O) groups is 1. The van der Waals surface area contributed by atoms with Gasteiger partial charge in [0, 0.05) is 25.7 Å². The molecule has 0 heterocycles. The molecule has 0 saturated heterocycles. The summed E-state index contributed by atoms with van der Waals surface area (Å²) in [6, 6.07) is 0.231. The van der Waals surface area contributed by atoms with Crippen LogP contribution in [0.15, 0.2) is 0 Å². The fourth-order valence-corrected chi connectivity index (χ4v) is 2.23. The molecular formula is C14H31N3O. The summed E-state index contributed by atoms with van der Waals surface area (Å²) in [7, 11) is 0. The first-order chi connectivity index (χ1) is 8.49. The van der Waals surface area contributed by atoms with Crippen molar-refractivity contribution in [3.05, 3.63) is 0 Å². The SMILES string of the molecule is CCN(CC)CC(C)NC(C)C(=O)N(CC)CC. The molecule has 0 bridgehead atoms. The predicted molar refractivity (Wildman–Crippen MR) is 77.8 cm³/mol. The minimum absolute atomic E-state index is 0.101. The van der Waals surface area contributed by atoms with Crippen LogP contribution in [0, 0.1) is 0 Å². The normalized spacial score (nSPS) is 14.6. The van der Waals surface area contributed by atoms with Crippen molar-refractivity contribution in [2.75, 3.05) is 32.7 Å². The molecule has 0 aromatic carbocycles. The van der Waals surface area contributed by atoms with Crippen LogP contribution in [0.25, 0.3) is 0 Å². The molecule has 0 aliphatic heterocycles. The number of hydrogen-bond acceptors (Lipinski definition) is 3. The van der Waals surface area contributed by atoms with Crippen LogP contribution < -0.4 is 5.32 Å². The number of amides is 1. The summed E-state index contributed by atoms with van der Waals surface area (Å²) in [6.45, 7) is 17.1. The van der Waals surface area contributed by atoms with Crippen molar-refractivity contribution in [3.63, 3.8) is 0 Å². The molecule has 1 N–H and O–H groups in total. The molecule has 0 aliphatic carbocycles. The Hall–Kier alpha value is -0.610. The fourth-order valence-electron chi connectivity index (χ4n) is 2.23. The molecule has 2 atom stereocenters. The first-order valence-corrected chi connectivity index (χ1v) is 7.27. The number of rotatable bonds is 9. The number of hydrogen-bond donors (Lipinski definition) is 1. The zero-order valence-electron chi connectivity index (χ0n) is 13.0. The number of nitrogens with one attached hydrogen (secondary N) is 1. The van der Waals surface area contributed by atoms with Crippen LogP contribution in [0.3, 0.4) is 0 Å². The summed E-state index contributed by atoms with van der Waals surface area (Å²) in [5.74, 6) is 0.200. The molecule has 0 rings (SSSR count). The Balaban J connectivity index is 4.21. The van der Waals surface area contributed by atoms with Crippen LogP contribution >= 0.6 is 0 Å². The van der Waals surface area contributed by atoms with Gasteiger partial charge in [0.2, 0.25) is 5.91 Å². The Morgan fingerprint density at radius 1 is 1.00 bits per heavy atom. The Bertz CT molecular complexity index is 225. The largest absolute Gasteiger partial charge is 0.342 e. The molecule has 2 unspecified atom stereocenters. The molecule has 0 radical (unpaired) electrons. The molecule has 0 spiro atoms. The van der Waals surface area contributed by atoms with E-state index in [1.807, 2.05) is 25.7 Å². The Labute approximate surface area is 113 Å². The standard InChI is InChI=1S/C14H31N3O/c1-7-16(8-2)11-12(5)15-13(6)14(18)17(9-3)10-4/h12-13,15H,7-11H2,1-6H3. The highest BCUT2D eigenvalue weighted by Gasteiger charge is 2.20. The molecule has 0 saturated carbocycles. The smallest absolute Gasteiger partial charge is 0.239 e. The Kier molecular flexibility index (Phi) is 9.02. The third-order valence-electron chi connectivity index (χ3n) is 3.41. The van der Waals surface area contributed by atoms with Crippen molar-refractivity contribution in [1.29, 1.82) is 0 Å². The topological polar surface area (TPSA) is 35.6 Å². The summed E-state index contributed by atoms with van der Waals surface area (Å²) >= 11 is 0. The first kappa shape index (κ1) is 17.4. The van der Waals surface area contributed by atoms with Gasteiger partial charge in [-0.1, -0.05) is 13.8 Å². The zero-order valence-corrected chi connectivity index (χ0v) is 13.0. The average molecular weight is 257 g/mol. The lowest BCUT2D eigenvalue weighted by atomic mass is 10.2. The van der Waals surface area contributed by atoms with E-state index in [1.165, 1.54) is 0 Å². The summed E-state index contributed by atoms with van der Waals surface area (Å²) in [5.41, 5.74) is 0. The van der Waals surface area contributed by atoms with E-state index in [4.69, 9.17) is 0 Å². The molecule has 108 valence electrons. The van der Waals surface area contributed by atoms with Gasteiger partial charge in [-0.15, -0.1) is 0 Å². The van der Waals surface area contributed by atoms with Crippen LogP contribution in [0.1, 0.15) is 41.5 Å². The highest BCUT2D eigenvalue weighted by molar-refractivity contribution is 5.81. The van der Waals surface area contributed by atoms with Gasteiger partial charge in [-0.25, -0.2) is 0 Å². The number of likely N-dealkylation sites (N-methyl/N-ethyl adjacent to an activating group) is 2. The van der Waals surface area contributed by atoms with Crippen molar-refractivity contribution in [1.82, 2.24) is 15.1 Å². The highest BCUT2D eigenvalue weighted by atomic mass is 16.2. The Morgan fingerprint density at radius 2 is 1.50 bits per heavy atom. The second-order valence-corrected chi connectivity index (χ2v) is 4.79. The third-order valence-corrected chi connectivity index (χ3v) is 3.41. The average Bonchev–Trinajstić information content (AvgIpc) is 2.37. The maximum Gasteiger partial charge on any atom is 0.239 e. The van der Waals surface area contributed by atoms with Crippen LogP contribution in [0.5, 0.6) is 0 Å². The lowest BCUT2D eigenvalue weighted by Gasteiger charge is -2.28. The van der Waals surface area contributed by atoms with Crippen LogP contribution in [-0.4, -0.2) is 60.5 Å². The second-order valence-electron chi connectivity index (χ2n) is 4.79. The minimum atomic E-state index is -0.101. The summed E-state index contributed by atoms with van der Waals surface area (Å²) in [5, 5.41) is 3.39. The number of carbonyl (C=O) groups excluding carboxylic acids is 1. The first-order valence-electron chi connectivity index (χ1n) is 7.27. The number of nitrogens with zero attached hydrogens (tertiary/aromatic N) is 2. The molecular weight excluding hydrogens is 226 g/mol. The molecule has 1 amide bonds. The van der Waals surface area contributed by atoms with E-state index < -0.39 is 0 Å². The monoisotopic (exact) mass is 257 g/mol. The van der Waals surface area contributed by atoms with Gasteiger partial charge in [-0.2, -0.15) is 0 Å². The van der Waals surface area contributed by atoms with E-state index in [9.17, 15) is 4.79 Å². The van der Waals surface area contributed by atoms with E-state index in [-0.39, 0.29) is 11.9 Å². The molecule has 0 aromatic rings. The van der Waals surface area contributed by atoms with Gasteiger partial charge in [0.05, 0.1) is 6.04 Å². The van der Waals surface area contributed by atoms with E-state index in [0.29, 0.717) is 6.04 Å². The van der Waals surface area contributed by atoms with Crippen molar-refractivity contribution < 1.29 is 4.79 Å². The van der Waals surface area contributed by atoms with Crippen LogP contribution in [-0.2, 0) is 4.79 Å². The molecule has 4 nitrogen and oxygen atoms in total. The van der Waals surface area contributed by atoms with Gasteiger partial charge in [0.1, 0.15) is 0 Å². The van der Waals surface area contributed by atoms with Crippen molar-refractivity contribution in [2.45, 2.75) is 53.6 Å². The lowest BCUT2D eigenvalue weighted by Crippen LogP contribution is -2.50. The van der Waals surface area contributed by atoms with Crippen molar-refractivity contribution in [2.24, 2.45) is 0 Å². The molecule has 0 aliphatic rings. The zero-order chi connectivity index (χ0) is 14.1. The molecule has 0 aromatic heterocycles. The third kappa shape index (κ3) is 5.83. The minimum Gasteiger partial charge on any atom is -0.342 e. The predicted octanol–water partition coefficient (Wildman–Crippen LogP) is 1.56. The van der Waals surface area contributed by atoms with Gasteiger partial charge < -0.3 is 15.1 Å². The van der Waals surface area contributed by atoms with Crippen LogP contribution in [0.2, 0.25) is 0 Å². The maximum absolute atomic E-state index is 12.1. The molecule has 0 fully saturated rings. The maximum atomic E-state index is 12.1. The van der Waals surface area contributed by atoms with Crippen LogP contribution in [0.4, 0.5) is 0 Å². The summed E-state index contributed by atoms with van der Waals surface area (Å²) < 4.78 is 0. The van der Waals surface area contributed by atoms with Crippen molar-refractivity contribution in [3.8, 4) is 0 Å². The highest BCUT2D eigenvalue weighted by Crippen LogP contribution is 1.98. The van der Waals surface area contributed by atoms with E-state index >= 15 is 0 Å². The van der Waals surface area contributed by atoms with E-state index in [1.54, 1.807) is 0 Å². The van der Waals surface area contributed by atoms with Gasteiger partial charge in [-0.05, 0) is 40.8 Å². The molecule has 18 heavy (non-hydrogen) atoms. The van der Waals surface area contributed by atoms with Gasteiger partial charge in [0.25, 0.3) is 0 Å². The van der Waals surface area contributed by atoms with Gasteiger partial charge >= 0.3 is 0 Å². The van der Waals surface area contributed by atoms with E-state index in [2.05, 4.69) is 31.0 Å². The summed E-state index contributed by atoms with van der Waals surface area (Å²) in [6.07, 6.45) is 0. The lowest BCUT2D eigenvalue weighted by molar-refractivity contribution is -0.132. The summed E-state index contributed by atoms with van der Waals surface area (Å²) in [4.78, 5) is 16.4. The van der Waals surface area contributed by atoms with Gasteiger partial charge in [0.15, 0.2) is 0 Å².